The van der Waals surface area contributed by atoms with E-state index in [2.05, 4.69) is 17.1 Å². The quantitative estimate of drug-likeness (QED) is 0.917. The van der Waals surface area contributed by atoms with E-state index in [-0.39, 0.29) is 18.0 Å². The normalized spacial score (nSPS) is 19.9. The molecule has 1 fully saturated rings. The Morgan fingerprint density at radius 2 is 2.09 bits per heavy atom. The average Bonchev–Trinajstić information content (AvgIpc) is 2.45. The van der Waals surface area contributed by atoms with E-state index in [1.165, 1.54) is 24.6 Å². The standard InChI is InChI=1S/C16H21F3N2O/c1-12-5-4-9-21(11-12)10-8-15(22)20-14-7-3-2-6-13(14)16(17,18)19/h2-3,6-7,12H,4-5,8-11H2,1H3,(H,20,22). The second-order valence-electron chi connectivity index (χ2n) is 5.89. The number of nitrogens with one attached hydrogen (secondary N) is 1. The van der Waals surface area contributed by atoms with Gasteiger partial charge in [-0.15, -0.1) is 0 Å². The number of nitrogens with zero attached hydrogens (tertiary/aromatic N) is 1. The summed E-state index contributed by atoms with van der Waals surface area (Å²) in [7, 11) is 0. The van der Waals surface area contributed by atoms with Crippen LogP contribution < -0.4 is 5.32 Å². The molecule has 0 bridgehead atoms. The zero-order chi connectivity index (χ0) is 16.2. The highest BCUT2D eigenvalue weighted by Crippen LogP contribution is 2.34. The van der Waals surface area contributed by atoms with Crippen molar-refractivity contribution in [1.82, 2.24) is 4.90 Å². The number of para-hydroxylation sites is 1. The van der Waals surface area contributed by atoms with Crippen LogP contribution in [-0.2, 0) is 11.0 Å². The molecule has 2 rings (SSSR count). The van der Waals surface area contributed by atoms with Crippen molar-refractivity contribution < 1.29 is 18.0 Å². The third-order valence-corrected chi connectivity index (χ3v) is 3.90. The second kappa shape index (κ2) is 7.13. The summed E-state index contributed by atoms with van der Waals surface area (Å²) in [5.74, 6) is 0.234. The minimum Gasteiger partial charge on any atom is -0.325 e. The lowest BCUT2D eigenvalue weighted by Gasteiger charge is -2.30. The Balaban J connectivity index is 1.90. The average molecular weight is 314 g/mol. The molecule has 0 aromatic heterocycles. The smallest absolute Gasteiger partial charge is 0.325 e. The first-order chi connectivity index (χ1) is 10.4. The SMILES string of the molecule is CC1CCCN(CCC(=O)Nc2ccccc2C(F)(F)F)C1. The fourth-order valence-electron chi connectivity index (χ4n) is 2.80. The molecule has 6 heteroatoms. The summed E-state index contributed by atoms with van der Waals surface area (Å²) in [5, 5.41) is 2.38. The van der Waals surface area contributed by atoms with Gasteiger partial charge in [0.05, 0.1) is 11.3 Å². The van der Waals surface area contributed by atoms with E-state index in [0.29, 0.717) is 12.5 Å². The van der Waals surface area contributed by atoms with Gasteiger partial charge in [-0.3, -0.25) is 4.79 Å². The van der Waals surface area contributed by atoms with Crippen LogP contribution in [0, 0.1) is 5.92 Å². The van der Waals surface area contributed by atoms with Gasteiger partial charge in [-0.2, -0.15) is 13.2 Å². The van der Waals surface area contributed by atoms with Crippen molar-refractivity contribution in [3.05, 3.63) is 29.8 Å². The summed E-state index contributed by atoms with van der Waals surface area (Å²) in [6, 6.07) is 5.05. The number of hydrogen-bond acceptors (Lipinski definition) is 2. The van der Waals surface area contributed by atoms with Crippen molar-refractivity contribution >= 4 is 11.6 Å². The topological polar surface area (TPSA) is 32.3 Å². The first-order valence-corrected chi connectivity index (χ1v) is 7.54. The molecule has 1 unspecified atom stereocenters. The highest BCUT2D eigenvalue weighted by molar-refractivity contribution is 5.91. The Morgan fingerprint density at radius 3 is 2.77 bits per heavy atom. The molecule has 22 heavy (non-hydrogen) atoms. The van der Waals surface area contributed by atoms with Gasteiger partial charge in [-0.05, 0) is 37.4 Å². The second-order valence-corrected chi connectivity index (χ2v) is 5.89. The maximum atomic E-state index is 12.9. The van der Waals surface area contributed by atoms with Gasteiger partial charge in [0.25, 0.3) is 0 Å². The van der Waals surface area contributed by atoms with Crippen LogP contribution >= 0.6 is 0 Å². The van der Waals surface area contributed by atoms with Gasteiger partial charge in [0.2, 0.25) is 5.91 Å². The number of rotatable bonds is 4. The lowest BCUT2D eigenvalue weighted by Crippen LogP contribution is -2.36. The number of benzene rings is 1. The molecule has 1 heterocycles. The molecule has 1 aromatic carbocycles. The molecule has 0 saturated carbocycles. The Hall–Kier alpha value is -1.56. The monoisotopic (exact) mass is 314 g/mol. The zero-order valence-electron chi connectivity index (χ0n) is 12.6. The lowest BCUT2D eigenvalue weighted by atomic mass is 10.0. The van der Waals surface area contributed by atoms with Crippen LogP contribution in [-0.4, -0.2) is 30.4 Å². The number of halogens is 3. The highest BCUT2D eigenvalue weighted by Gasteiger charge is 2.33. The van der Waals surface area contributed by atoms with Crippen LogP contribution in [0.25, 0.3) is 0 Å². The Labute approximate surface area is 128 Å². The Kier molecular flexibility index (Phi) is 5.45. The van der Waals surface area contributed by atoms with E-state index in [0.717, 1.165) is 25.6 Å². The van der Waals surface area contributed by atoms with Crippen LogP contribution in [0.5, 0.6) is 0 Å². The summed E-state index contributed by atoms with van der Waals surface area (Å²) in [4.78, 5) is 14.1. The molecule has 1 aromatic rings. The third-order valence-electron chi connectivity index (χ3n) is 3.90. The molecular weight excluding hydrogens is 293 g/mol. The van der Waals surface area contributed by atoms with E-state index >= 15 is 0 Å². The van der Waals surface area contributed by atoms with Crippen molar-refractivity contribution in [3.8, 4) is 0 Å². The largest absolute Gasteiger partial charge is 0.418 e. The lowest BCUT2D eigenvalue weighted by molar-refractivity contribution is -0.137. The Morgan fingerprint density at radius 1 is 1.36 bits per heavy atom. The number of alkyl halides is 3. The summed E-state index contributed by atoms with van der Waals surface area (Å²) >= 11 is 0. The molecule has 3 nitrogen and oxygen atoms in total. The highest BCUT2D eigenvalue weighted by atomic mass is 19.4. The zero-order valence-corrected chi connectivity index (χ0v) is 12.6. The van der Waals surface area contributed by atoms with Crippen molar-refractivity contribution in [2.24, 2.45) is 5.92 Å². The van der Waals surface area contributed by atoms with Gasteiger partial charge in [0.15, 0.2) is 0 Å². The Bertz CT molecular complexity index is 516. The van der Waals surface area contributed by atoms with Crippen molar-refractivity contribution in [2.45, 2.75) is 32.4 Å². The van der Waals surface area contributed by atoms with E-state index in [1.54, 1.807) is 0 Å². The van der Waals surface area contributed by atoms with Crippen LogP contribution in [0.2, 0.25) is 0 Å². The fourth-order valence-corrected chi connectivity index (χ4v) is 2.80. The number of piperidine rings is 1. The van der Waals surface area contributed by atoms with Crippen LogP contribution in [0.1, 0.15) is 31.7 Å². The fraction of sp³-hybridized carbons (Fsp3) is 0.562. The number of carbonyl (C=O) groups is 1. The molecular formula is C16H21F3N2O. The number of amides is 1. The van der Waals surface area contributed by atoms with Crippen LogP contribution in [0.4, 0.5) is 18.9 Å². The molecule has 1 aliphatic rings. The summed E-state index contributed by atoms with van der Waals surface area (Å²) in [6.07, 6.45) is -1.95. The number of hydrogen-bond donors (Lipinski definition) is 1. The molecule has 122 valence electrons. The van der Waals surface area contributed by atoms with Gasteiger partial charge in [0.1, 0.15) is 0 Å². The molecule has 1 aliphatic heterocycles. The first-order valence-electron chi connectivity index (χ1n) is 7.54. The van der Waals surface area contributed by atoms with Crippen molar-refractivity contribution in [3.63, 3.8) is 0 Å². The molecule has 1 saturated heterocycles. The van der Waals surface area contributed by atoms with E-state index < -0.39 is 11.7 Å². The maximum Gasteiger partial charge on any atom is 0.418 e. The number of anilines is 1. The van der Waals surface area contributed by atoms with E-state index in [1.807, 2.05) is 0 Å². The van der Waals surface area contributed by atoms with Gasteiger partial charge in [-0.25, -0.2) is 0 Å². The molecule has 1 amide bonds. The summed E-state index contributed by atoms with van der Waals surface area (Å²) < 4.78 is 38.6. The predicted octanol–water partition coefficient (Wildman–Crippen LogP) is 3.77. The van der Waals surface area contributed by atoms with Gasteiger partial charge >= 0.3 is 6.18 Å². The van der Waals surface area contributed by atoms with Crippen molar-refractivity contribution in [1.29, 1.82) is 0 Å². The molecule has 1 N–H and O–H groups in total. The summed E-state index contributed by atoms with van der Waals surface area (Å²) in [6.45, 7) is 4.67. The van der Waals surface area contributed by atoms with E-state index in [4.69, 9.17) is 0 Å². The minimum atomic E-state index is -4.47. The van der Waals surface area contributed by atoms with Gasteiger partial charge in [0, 0.05) is 19.5 Å². The molecule has 0 radical (unpaired) electrons. The molecule has 0 spiro atoms. The molecule has 0 aliphatic carbocycles. The number of likely N-dealkylation sites (tertiary alicyclic amines) is 1. The minimum absolute atomic E-state index is 0.174. The first kappa shape index (κ1) is 16.8. The van der Waals surface area contributed by atoms with E-state index in [9.17, 15) is 18.0 Å². The van der Waals surface area contributed by atoms with Gasteiger partial charge < -0.3 is 10.2 Å². The molecule has 1 atom stereocenters. The van der Waals surface area contributed by atoms with Crippen LogP contribution in [0.15, 0.2) is 24.3 Å². The predicted molar refractivity (Wildman–Crippen MR) is 79.5 cm³/mol. The van der Waals surface area contributed by atoms with Crippen molar-refractivity contribution in [2.75, 3.05) is 25.0 Å². The van der Waals surface area contributed by atoms with Gasteiger partial charge in [-0.1, -0.05) is 19.1 Å². The van der Waals surface area contributed by atoms with Crippen LogP contribution in [0.3, 0.4) is 0 Å². The number of carbonyl (C=O) groups excluding carboxylic acids is 1. The summed E-state index contributed by atoms with van der Waals surface area (Å²) in [5.41, 5.74) is -0.984. The maximum absolute atomic E-state index is 12.9. The third kappa shape index (κ3) is 4.73.